The quantitative estimate of drug-likeness (QED) is 0.384. The average Bonchev–Trinajstić information content (AvgIpc) is 3.10. The molecule has 0 aromatic carbocycles. The molecule has 0 aliphatic heterocycles. The summed E-state index contributed by atoms with van der Waals surface area (Å²) in [4.78, 5) is 12.0. The van der Waals surface area contributed by atoms with Crippen molar-refractivity contribution in [1.82, 2.24) is 0 Å². The summed E-state index contributed by atoms with van der Waals surface area (Å²) in [5.74, 6) is -17.0. The minimum atomic E-state index is -6.12. The largest absolute Gasteiger partial charge is 0.459 e. The molecule has 0 aromatic rings. The van der Waals surface area contributed by atoms with Crippen LogP contribution in [0.4, 0.5) is 39.5 Å². The van der Waals surface area contributed by atoms with Gasteiger partial charge < -0.3 is 4.74 Å². The lowest BCUT2D eigenvalue weighted by molar-refractivity contribution is -0.295. The summed E-state index contributed by atoms with van der Waals surface area (Å²) in [5, 5.41) is 0. The van der Waals surface area contributed by atoms with Crippen LogP contribution in [0.15, 0.2) is 0 Å². The lowest BCUT2D eigenvalue weighted by Crippen LogP contribution is -2.47. The molecule has 2 aliphatic rings. The van der Waals surface area contributed by atoms with E-state index in [1.807, 2.05) is 13.8 Å². The van der Waals surface area contributed by atoms with E-state index in [0.29, 0.717) is 18.8 Å². The number of hydrogen-bond acceptors (Lipinski definition) is 2. The molecule has 0 N–H and O–H groups in total. The molecule has 5 atom stereocenters. The molecule has 2 bridgehead atoms. The lowest BCUT2D eigenvalue weighted by Gasteiger charge is -2.31. The van der Waals surface area contributed by atoms with Gasteiger partial charge in [-0.2, -0.15) is 39.5 Å². The number of ether oxygens (including phenoxy) is 1. The van der Waals surface area contributed by atoms with Crippen molar-refractivity contribution in [2.75, 3.05) is 6.61 Å². The first-order valence-corrected chi connectivity index (χ1v) is 8.87. The van der Waals surface area contributed by atoms with Crippen molar-refractivity contribution in [3.63, 3.8) is 0 Å². The second-order valence-electron chi connectivity index (χ2n) is 7.94. The van der Waals surface area contributed by atoms with Gasteiger partial charge in [0.2, 0.25) is 0 Å². The van der Waals surface area contributed by atoms with E-state index in [1.165, 1.54) is 0 Å². The van der Waals surface area contributed by atoms with Crippen molar-refractivity contribution in [1.29, 1.82) is 0 Å². The van der Waals surface area contributed by atoms with Gasteiger partial charge >= 0.3 is 29.9 Å². The van der Waals surface area contributed by atoms with E-state index >= 15 is 0 Å². The average molecular weight is 428 g/mol. The van der Waals surface area contributed by atoms with Crippen LogP contribution in [0, 0.1) is 29.6 Å². The number of hydrogen-bond donors (Lipinski definition) is 0. The van der Waals surface area contributed by atoms with Crippen molar-refractivity contribution in [2.24, 2.45) is 29.6 Å². The van der Waals surface area contributed by atoms with Crippen LogP contribution in [0.1, 0.15) is 39.5 Å². The summed E-state index contributed by atoms with van der Waals surface area (Å²) in [6.07, 6.45) is -9.93. The highest BCUT2D eigenvalue weighted by Crippen LogP contribution is 2.55. The van der Waals surface area contributed by atoms with Gasteiger partial charge in [-0.1, -0.05) is 13.8 Å². The number of rotatable bonds is 7. The van der Waals surface area contributed by atoms with Gasteiger partial charge in [0.15, 0.2) is 6.61 Å². The van der Waals surface area contributed by atoms with Gasteiger partial charge in [0.05, 0.1) is 5.92 Å². The minimum Gasteiger partial charge on any atom is -0.459 e. The predicted molar refractivity (Wildman–Crippen MR) is 79.1 cm³/mol. The van der Waals surface area contributed by atoms with E-state index in [4.69, 9.17) is 0 Å². The normalized spacial score (nSPS) is 31.3. The Morgan fingerprint density at radius 2 is 1.36 bits per heavy atom. The Kier molecular flexibility index (Phi) is 6.00. The molecule has 2 rings (SSSR count). The second kappa shape index (κ2) is 7.27. The van der Waals surface area contributed by atoms with Crippen molar-refractivity contribution < 1.29 is 49.0 Å². The summed E-state index contributed by atoms with van der Waals surface area (Å²) in [5.41, 5.74) is 0. The molecule has 2 saturated carbocycles. The van der Waals surface area contributed by atoms with Crippen LogP contribution in [0.2, 0.25) is 0 Å². The Balaban J connectivity index is 1.92. The maximum Gasteiger partial charge on any atom is 0.453 e. The van der Waals surface area contributed by atoms with E-state index in [9.17, 15) is 44.3 Å². The Morgan fingerprint density at radius 1 is 0.821 bits per heavy atom. The molecular formula is C17H21F9O2. The second-order valence-corrected chi connectivity index (χ2v) is 7.94. The van der Waals surface area contributed by atoms with Crippen LogP contribution in [-0.2, 0) is 9.53 Å². The highest BCUT2D eigenvalue weighted by molar-refractivity contribution is 5.73. The molecule has 0 saturated heterocycles. The number of carbonyl (C=O) groups is 1. The Labute approximate surface area is 155 Å². The highest BCUT2D eigenvalue weighted by Gasteiger charge is 2.62. The Bertz CT molecular complexity index is 586. The molecule has 2 aliphatic carbocycles. The van der Waals surface area contributed by atoms with Crippen molar-refractivity contribution in [2.45, 2.75) is 63.5 Å². The van der Waals surface area contributed by atoms with E-state index in [0.717, 1.165) is 0 Å². The number of fused-ring (bicyclic) bond motifs is 2. The fraction of sp³-hybridized carbons (Fsp3) is 0.941. The molecule has 0 heterocycles. The fourth-order valence-electron chi connectivity index (χ4n) is 4.22. The molecular weight excluding hydrogens is 407 g/mol. The number of esters is 1. The number of halogens is 9. The van der Waals surface area contributed by atoms with Crippen molar-refractivity contribution >= 4 is 5.97 Å². The number of alkyl halides is 9. The monoisotopic (exact) mass is 428 g/mol. The van der Waals surface area contributed by atoms with Crippen LogP contribution >= 0.6 is 0 Å². The van der Waals surface area contributed by atoms with E-state index in [1.54, 1.807) is 0 Å². The van der Waals surface area contributed by atoms with Crippen LogP contribution in [-0.4, -0.2) is 36.5 Å². The third-order valence-corrected chi connectivity index (χ3v) is 6.30. The van der Waals surface area contributed by atoms with E-state index < -0.39 is 55.3 Å². The van der Waals surface area contributed by atoms with Gasteiger partial charge in [0.1, 0.15) is 0 Å². The third kappa shape index (κ3) is 4.22. The minimum absolute atomic E-state index is 0.105. The maximum atomic E-state index is 13.7. The molecule has 0 amide bonds. The molecule has 5 unspecified atom stereocenters. The van der Waals surface area contributed by atoms with Crippen LogP contribution in [0.3, 0.4) is 0 Å². The van der Waals surface area contributed by atoms with Gasteiger partial charge in [-0.3, -0.25) is 4.79 Å². The Morgan fingerprint density at radius 3 is 1.82 bits per heavy atom. The van der Waals surface area contributed by atoms with Gasteiger partial charge in [0, 0.05) is 12.8 Å². The third-order valence-electron chi connectivity index (χ3n) is 6.30. The van der Waals surface area contributed by atoms with Crippen LogP contribution < -0.4 is 0 Å². The molecule has 2 nitrogen and oxygen atoms in total. The molecule has 0 spiro atoms. The van der Waals surface area contributed by atoms with E-state index in [2.05, 4.69) is 4.74 Å². The summed E-state index contributed by atoms with van der Waals surface area (Å²) >= 11 is 0. The zero-order valence-electron chi connectivity index (χ0n) is 15.1. The Hall–Kier alpha value is -1.16. The summed E-state index contributed by atoms with van der Waals surface area (Å²) in [6.45, 7) is 1.83. The van der Waals surface area contributed by atoms with Gasteiger partial charge in [-0.05, 0) is 36.5 Å². The smallest absolute Gasteiger partial charge is 0.453 e. The molecule has 164 valence electrons. The molecule has 2 fully saturated rings. The maximum absolute atomic E-state index is 13.7. The molecule has 11 heteroatoms. The summed E-state index contributed by atoms with van der Waals surface area (Å²) < 4.78 is 120. The predicted octanol–water partition coefficient (Wildman–Crippen LogP) is 5.71. The molecule has 0 radical (unpaired) electrons. The first kappa shape index (κ1) is 23.1. The zero-order valence-corrected chi connectivity index (χ0v) is 15.1. The molecule has 28 heavy (non-hydrogen) atoms. The lowest BCUT2D eigenvalue weighted by atomic mass is 9.76. The first-order valence-electron chi connectivity index (χ1n) is 8.87. The molecule has 0 aromatic heterocycles. The zero-order chi connectivity index (χ0) is 21.7. The fourth-order valence-corrected chi connectivity index (χ4v) is 4.22. The van der Waals surface area contributed by atoms with Crippen molar-refractivity contribution in [3.05, 3.63) is 0 Å². The van der Waals surface area contributed by atoms with Crippen LogP contribution in [0.25, 0.3) is 0 Å². The summed E-state index contributed by atoms with van der Waals surface area (Å²) in [7, 11) is 0. The first-order chi connectivity index (χ1) is 12.5. The van der Waals surface area contributed by atoms with Gasteiger partial charge in [0.25, 0.3) is 0 Å². The standard InChI is InChI=1S/C17H21F9O2/c1-8-9(2)11-5-10(8)6-12(11)13(27)28-7-16(22,23)14(18,19)3-4-15(20,21)17(24,25)26/h8-12H,3-7H2,1-2H3. The van der Waals surface area contributed by atoms with Gasteiger partial charge in [-0.15, -0.1) is 0 Å². The topological polar surface area (TPSA) is 26.3 Å². The van der Waals surface area contributed by atoms with Crippen LogP contribution in [0.5, 0.6) is 0 Å². The summed E-state index contributed by atoms with van der Waals surface area (Å²) in [6, 6.07) is 0. The van der Waals surface area contributed by atoms with Gasteiger partial charge in [-0.25, -0.2) is 0 Å². The SMILES string of the molecule is CC1C2CC(C(=O)OCC(F)(F)C(F)(F)CCC(F)(F)C(F)(F)F)C(C2)C1C. The number of carbonyl (C=O) groups excluding carboxylic acids is 1. The van der Waals surface area contributed by atoms with Crippen molar-refractivity contribution in [3.8, 4) is 0 Å². The van der Waals surface area contributed by atoms with E-state index in [-0.39, 0.29) is 17.8 Å². The highest BCUT2D eigenvalue weighted by atomic mass is 19.4.